The number of hydrogen-bond acceptors (Lipinski definition) is 6. The van der Waals surface area contributed by atoms with Crippen LogP contribution in [0.2, 0.25) is 0 Å². The topological polar surface area (TPSA) is 115 Å². The number of rotatable bonds is 2. The molecule has 2 aromatic rings. The number of benzene rings is 2. The van der Waals surface area contributed by atoms with Gasteiger partial charge in [-0.05, 0) is 12.1 Å². The molecular weight excluding hydrogens is 298 g/mol. The molecule has 1 aliphatic rings. The molecule has 1 aliphatic heterocycles. The molecule has 0 saturated heterocycles. The highest BCUT2D eigenvalue weighted by Crippen LogP contribution is 2.45. The molecule has 0 fully saturated rings. The van der Waals surface area contributed by atoms with Crippen LogP contribution in [0.15, 0.2) is 46.2 Å². The molecular formula is C12H7N3O5S. The molecule has 1 unspecified atom stereocenters. The van der Waals surface area contributed by atoms with Crippen LogP contribution >= 0.6 is 0 Å². The van der Waals surface area contributed by atoms with E-state index in [1.165, 1.54) is 0 Å². The maximum absolute atomic E-state index is 12.6. The summed E-state index contributed by atoms with van der Waals surface area (Å²) >= 11 is 0. The summed E-state index contributed by atoms with van der Waals surface area (Å²) in [5, 5.41) is 24.9. The van der Waals surface area contributed by atoms with Crippen molar-refractivity contribution in [1.29, 1.82) is 0 Å². The normalized spacial score (nSPS) is 15.5. The van der Waals surface area contributed by atoms with Crippen LogP contribution in [0.5, 0.6) is 0 Å². The van der Waals surface area contributed by atoms with E-state index in [4.69, 9.17) is 0 Å². The largest absolute Gasteiger partial charge is 0.348 e. The second-order valence-corrected chi connectivity index (χ2v) is 5.60. The zero-order valence-corrected chi connectivity index (χ0v) is 11.1. The van der Waals surface area contributed by atoms with Crippen molar-refractivity contribution in [2.75, 3.05) is 5.32 Å². The van der Waals surface area contributed by atoms with Crippen LogP contribution in [0.4, 0.5) is 22.7 Å². The molecule has 8 nitrogen and oxygen atoms in total. The Balaban J connectivity index is 2.34. The van der Waals surface area contributed by atoms with Gasteiger partial charge in [-0.15, -0.1) is 0 Å². The quantitative estimate of drug-likeness (QED) is 0.575. The Labute approximate surface area is 120 Å². The molecule has 0 bridgehead atoms. The molecule has 9 heteroatoms. The summed E-state index contributed by atoms with van der Waals surface area (Å²) in [5.41, 5.74) is -0.410. The van der Waals surface area contributed by atoms with Crippen LogP contribution in [0.3, 0.4) is 0 Å². The van der Waals surface area contributed by atoms with Gasteiger partial charge >= 0.3 is 0 Å². The Kier molecular flexibility index (Phi) is 2.91. The van der Waals surface area contributed by atoms with E-state index in [2.05, 4.69) is 5.32 Å². The van der Waals surface area contributed by atoms with Gasteiger partial charge in [-0.25, -0.2) is 4.21 Å². The minimum Gasteiger partial charge on any atom is -0.348 e. The molecule has 0 radical (unpaired) electrons. The predicted octanol–water partition coefficient (Wildman–Crippen LogP) is 2.73. The van der Waals surface area contributed by atoms with Crippen LogP contribution in [-0.2, 0) is 10.8 Å². The standard InChI is InChI=1S/C12H7N3O5S/c16-14(17)8-5-6-9(15(18)19)12-11(8)13-7-3-1-2-4-10(7)21(12)20/h1-6,13H. The van der Waals surface area contributed by atoms with Crippen LogP contribution in [0, 0.1) is 20.2 Å². The van der Waals surface area contributed by atoms with Crippen LogP contribution < -0.4 is 5.32 Å². The third kappa shape index (κ3) is 1.94. The summed E-state index contributed by atoms with van der Waals surface area (Å²) in [4.78, 5) is 21.0. The van der Waals surface area contributed by atoms with E-state index in [0.29, 0.717) is 10.6 Å². The van der Waals surface area contributed by atoms with Crippen molar-refractivity contribution < 1.29 is 14.1 Å². The highest BCUT2D eigenvalue weighted by molar-refractivity contribution is 7.85. The Morgan fingerprint density at radius 3 is 2.24 bits per heavy atom. The molecule has 1 N–H and O–H groups in total. The summed E-state index contributed by atoms with van der Waals surface area (Å²) in [6.07, 6.45) is 0. The van der Waals surface area contributed by atoms with E-state index in [1.54, 1.807) is 24.3 Å². The molecule has 0 spiro atoms. The molecule has 0 amide bonds. The number of fused-ring (bicyclic) bond motifs is 2. The van der Waals surface area contributed by atoms with Gasteiger partial charge in [0.1, 0.15) is 5.69 Å². The van der Waals surface area contributed by atoms with Crippen LogP contribution in [0.25, 0.3) is 0 Å². The van der Waals surface area contributed by atoms with Crippen molar-refractivity contribution in [3.05, 3.63) is 56.6 Å². The van der Waals surface area contributed by atoms with Crippen LogP contribution in [-0.4, -0.2) is 14.1 Å². The summed E-state index contributed by atoms with van der Waals surface area (Å²) in [6, 6.07) is 8.53. The fraction of sp³-hybridized carbons (Fsp3) is 0. The fourth-order valence-electron chi connectivity index (χ4n) is 2.14. The highest BCUT2D eigenvalue weighted by atomic mass is 32.2. The first-order valence-electron chi connectivity index (χ1n) is 5.74. The summed E-state index contributed by atoms with van der Waals surface area (Å²) in [6.45, 7) is 0. The minimum absolute atomic E-state index is 0.0915. The van der Waals surface area contributed by atoms with E-state index in [0.717, 1.165) is 12.1 Å². The van der Waals surface area contributed by atoms with E-state index in [1.807, 2.05) is 0 Å². The lowest BCUT2D eigenvalue weighted by atomic mass is 10.2. The lowest BCUT2D eigenvalue weighted by Gasteiger charge is -2.20. The Morgan fingerprint density at radius 2 is 1.57 bits per heavy atom. The second-order valence-electron chi connectivity index (χ2n) is 4.21. The molecule has 0 aromatic heterocycles. The first-order chi connectivity index (χ1) is 10.0. The maximum atomic E-state index is 12.6. The smallest absolute Gasteiger partial charge is 0.294 e. The first kappa shape index (κ1) is 13.2. The number of nitro groups is 2. The molecule has 2 aromatic carbocycles. The van der Waals surface area contributed by atoms with Crippen molar-refractivity contribution >= 4 is 33.5 Å². The Bertz CT molecular complexity index is 821. The number of nitrogens with zero attached hydrogens (tertiary/aromatic N) is 2. The average molecular weight is 305 g/mol. The third-order valence-corrected chi connectivity index (χ3v) is 4.58. The van der Waals surface area contributed by atoms with Crippen LogP contribution in [0.1, 0.15) is 0 Å². The molecule has 0 aliphatic carbocycles. The maximum Gasteiger partial charge on any atom is 0.294 e. The van der Waals surface area contributed by atoms with Gasteiger partial charge in [0.2, 0.25) is 0 Å². The van der Waals surface area contributed by atoms with Gasteiger partial charge in [0.25, 0.3) is 11.4 Å². The van der Waals surface area contributed by atoms with Gasteiger partial charge in [-0.1, -0.05) is 12.1 Å². The highest BCUT2D eigenvalue weighted by Gasteiger charge is 2.35. The first-order valence-corrected chi connectivity index (χ1v) is 6.89. The van der Waals surface area contributed by atoms with E-state index in [9.17, 15) is 24.4 Å². The van der Waals surface area contributed by atoms with Crippen molar-refractivity contribution in [3.63, 3.8) is 0 Å². The summed E-state index contributed by atoms with van der Waals surface area (Å²) < 4.78 is 12.6. The Hall–Kier alpha value is -2.81. The van der Waals surface area contributed by atoms with Gasteiger partial charge in [0.05, 0.1) is 31.2 Å². The van der Waals surface area contributed by atoms with Crippen molar-refractivity contribution in [2.45, 2.75) is 9.79 Å². The van der Waals surface area contributed by atoms with Crippen molar-refractivity contribution in [2.24, 2.45) is 0 Å². The molecule has 0 saturated carbocycles. The van der Waals surface area contributed by atoms with E-state index in [-0.39, 0.29) is 16.3 Å². The Morgan fingerprint density at radius 1 is 0.952 bits per heavy atom. The molecule has 1 atom stereocenters. The molecule has 1 heterocycles. The molecule has 21 heavy (non-hydrogen) atoms. The second kappa shape index (κ2) is 4.63. The number of nitrogens with one attached hydrogen (secondary N) is 1. The van der Waals surface area contributed by atoms with E-state index >= 15 is 0 Å². The molecule has 3 rings (SSSR count). The van der Waals surface area contributed by atoms with Gasteiger partial charge in [0.15, 0.2) is 4.90 Å². The van der Waals surface area contributed by atoms with Crippen molar-refractivity contribution in [3.8, 4) is 0 Å². The van der Waals surface area contributed by atoms with Gasteiger partial charge in [-0.3, -0.25) is 20.2 Å². The lowest BCUT2D eigenvalue weighted by Crippen LogP contribution is -2.12. The fourth-order valence-corrected chi connectivity index (χ4v) is 3.56. The van der Waals surface area contributed by atoms with Gasteiger partial charge in [0, 0.05) is 12.1 Å². The predicted molar refractivity (Wildman–Crippen MR) is 74.1 cm³/mol. The van der Waals surface area contributed by atoms with E-state index < -0.39 is 26.3 Å². The molecule has 106 valence electrons. The minimum atomic E-state index is -1.86. The number of para-hydroxylation sites is 1. The average Bonchev–Trinajstić information content (AvgIpc) is 2.46. The summed E-state index contributed by atoms with van der Waals surface area (Å²) in [7, 11) is -1.86. The lowest BCUT2D eigenvalue weighted by molar-refractivity contribution is -0.390. The van der Waals surface area contributed by atoms with Crippen molar-refractivity contribution in [1.82, 2.24) is 0 Å². The number of nitro benzene ring substituents is 2. The zero-order valence-electron chi connectivity index (χ0n) is 10.3. The van der Waals surface area contributed by atoms with Gasteiger partial charge < -0.3 is 5.32 Å². The monoisotopic (exact) mass is 305 g/mol. The summed E-state index contributed by atoms with van der Waals surface area (Å²) in [5.74, 6) is 0. The third-order valence-electron chi connectivity index (χ3n) is 3.04. The van der Waals surface area contributed by atoms with Gasteiger partial charge in [-0.2, -0.15) is 0 Å². The number of anilines is 2. The number of hydrogen-bond donors (Lipinski definition) is 1. The SMILES string of the molecule is O=[N+]([O-])c1ccc([N+](=O)[O-])c2c1Nc1ccccc1S2=O. The zero-order chi connectivity index (χ0) is 15.1.